The van der Waals surface area contributed by atoms with Crippen molar-refractivity contribution in [3.05, 3.63) is 59.7 Å². The van der Waals surface area contributed by atoms with Crippen molar-refractivity contribution in [2.75, 3.05) is 40.0 Å². The van der Waals surface area contributed by atoms with E-state index in [9.17, 15) is 13.5 Å². The molecule has 0 aromatic heterocycles. The Hall–Kier alpha value is -1.16. The fourth-order valence-corrected chi connectivity index (χ4v) is 7.97. The maximum absolute atomic E-state index is 13.9. The molecular formula is C31H48INO4S. The Morgan fingerprint density at radius 2 is 1.66 bits per heavy atom. The summed E-state index contributed by atoms with van der Waals surface area (Å²) in [6.45, 7) is 5.86. The summed E-state index contributed by atoms with van der Waals surface area (Å²) >= 11 is 0. The molecule has 5 nitrogen and oxygen atoms in total. The molecule has 7 heteroatoms. The molecule has 0 amide bonds. The van der Waals surface area contributed by atoms with Crippen LogP contribution in [0.4, 0.5) is 0 Å². The van der Waals surface area contributed by atoms with Gasteiger partial charge in [0.1, 0.15) is 5.75 Å². The number of aliphatic hydroxyl groups excluding tert-OH is 1. The average Bonchev–Trinajstić information content (AvgIpc) is 2.93. The fourth-order valence-electron chi connectivity index (χ4n) is 5.69. The van der Waals surface area contributed by atoms with Crippen LogP contribution in [0.1, 0.15) is 82.3 Å². The number of unbranched alkanes of at least 4 members (excludes halogenated alkanes) is 4. The highest BCUT2D eigenvalue weighted by Crippen LogP contribution is 2.49. The SMILES string of the molecule is CCCC[C@]1(CC)CS(=O)(=O)c2cc(OCCCCCC[N+](C)(C)C)ccc2[C@@H](c2ccccc2)[C@H]1O.[I-]. The summed E-state index contributed by atoms with van der Waals surface area (Å²) < 4.78 is 34.7. The Kier molecular flexibility index (Phi) is 12.6. The average molecular weight is 658 g/mol. The Morgan fingerprint density at radius 1 is 0.974 bits per heavy atom. The zero-order valence-electron chi connectivity index (χ0n) is 24.0. The van der Waals surface area contributed by atoms with Crippen LogP contribution in [-0.4, -0.2) is 64.2 Å². The Balaban J connectivity index is 0.00000507. The topological polar surface area (TPSA) is 63.6 Å². The third-order valence-electron chi connectivity index (χ3n) is 7.96. The normalized spacial score (nSPS) is 22.7. The van der Waals surface area contributed by atoms with Crippen LogP contribution in [0, 0.1) is 5.41 Å². The van der Waals surface area contributed by atoms with E-state index < -0.39 is 27.3 Å². The van der Waals surface area contributed by atoms with Gasteiger partial charge in [0.2, 0.25) is 0 Å². The third kappa shape index (κ3) is 8.42. The van der Waals surface area contributed by atoms with Crippen molar-refractivity contribution < 1.29 is 46.7 Å². The van der Waals surface area contributed by atoms with Crippen LogP contribution in [0.15, 0.2) is 53.4 Å². The van der Waals surface area contributed by atoms with Crippen molar-refractivity contribution in [1.82, 2.24) is 0 Å². The zero-order valence-corrected chi connectivity index (χ0v) is 26.9. The van der Waals surface area contributed by atoms with Crippen LogP contribution >= 0.6 is 0 Å². The highest BCUT2D eigenvalue weighted by atomic mass is 127. The van der Waals surface area contributed by atoms with Gasteiger partial charge in [-0.25, -0.2) is 8.42 Å². The number of quaternary nitrogens is 1. The molecule has 0 radical (unpaired) electrons. The lowest BCUT2D eigenvalue weighted by Gasteiger charge is -2.39. The van der Waals surface area contributed by atoms with E-state index in [0.29, 0.717) is 35.7 Å². The summed E-state index contributed by atoms with van der Waals surface area (Å²) in [5.74, 6) is 0.150. The minimum atomic E-state index is -3.62. The Labute approximate surface area is 248 Å². The number of halogens is 1. The number of aliphatic hydroxyl groups is 1. The number of nitrogens with zero attached hydrogens (tertiary/aromatic N) is 1. The molecule has 214 valence electrons. The number of rotatable bonds is 13. The monoisotopic (exact) mass is 657 g/mol. The lowest BCUT2D eigenvalue weighted by molar-refractivity contribution is -0.870. The van der Waals surface area contributed by atoms with Crippen molar-refractivity contribution in [1.29, 1.82) is 0 Å². The minimum absolute atomic E-state index is 0. The van der Waals surface area contributed by atoms with E-state index in [1.165, 1.54) is 12.8 Å². The molecule has 1 heterocycles. The van der Waals surface area contributed by atoms with E-state index in [2.05, 4.69) is 28.1 Å². The molecule has 1 aliphatic rings. The quantitative estimate of drug-likeness (QED) is 0.204. The van der Waals surface area contributed by atoms with Gasteiger partial charge in [-0.05, 0) is 61.8 Å². The van der Waals surface area contributed by atoms with Gasteiger partial charge in [0, 0.05) is 11.3 Å². The number of hydrogen-bond donors (Lipinski definition) is 1. The van der Waals surface area contributed by atoms with Crippen LogP contribution in [0.5, 0.6) is 5.75 Å². The first kappa shape index (κ1) is 33.0. The van der Waals surface area contributed by atoms with Gasteiger partial charge in [-0.2, -0.15) is 0 Å². The van der Waals surface area contributed by atoms with Gasteiger partial charge in [0.25, 0.3) is 0 Å². The van der Waals surface area contributed by atoms with Crippen molar-refractivity contribution in [2.45, 2.75) is 82.1 Å². The van der Waals surface area contributed by atoms with Gasteiger partial charge in [0.05, 0.1) is 51.0 Å². The molecule has 1 N–H and O–H groups in total. The summed E-state index contributed by atoms with van der Waals surface area (Å²) in [6.07, 6.45) is 6.78. The molecular weight excluding hydrogens is 609 g/mol. The van der Waals surface area contributed by atoms with Crippen LogP contribution < -0.4 is 28.7 Å². The lowest BCUT2D eigenvalue weighted by Crippen LogP contribution is -3.00. The summed E-state index contributed by atoms with van der Waals surface area (Å²) in [7, 11) is 3.02. The smallest absolute Gasteiger partial charge is 0.179 e. The van der Waals surface area contributed by atoms with Gasteiger partial charge in [0.15, 0.2) is 9.84 Å². The highest BCUT2D eigenvalue weighted by Gasteiger charge is 2.48. The van der Waals surface area contributed by atoms with E-state index in [1.807, 2.05) is 49.4 Å². The van der Waals surface area contributed by atoms with E-state index >= 15 is 0 Å². The van der Waals surface area contributed by atoms with Crippen LogP contribution in [0.25, 0.3) is 0 Å². The molecule has 3 atom stereocenters. The van der Waals surface area contributed by atoms with Gasteiger partial charge in [-0.15, -0.1) is 0 Å². The van der Waals surface area contributed by atoms with E-state index in [0.717, 1.165) is 42.3 Å². The van der Waals surface area contributed by atoms with Crippen LogP contribution in [0.2, 0.25) is 0 Å². The fraction of sp³-hybridized carbons (Fsp3) is 0.613. The molecule has 0 unspecified atom stereocenters. The summed E-state index contributed by atoms with van der Waals surface area (Å²) in [5.41, 5.74) is 0.935. The van der Waals surface area contributed by atoms with E-state index in [4.69, 9.17) is 4.74 Å². The van der Waals surface area contributed by atoms with Gasteiger partial charge in [-0.1, -0.05) is 63.1 Å². The molecule has 1 aliphatic heterocycles. The maximum atomic E-state index is 13.9. The number of ether oxygens (including phenoxy) is 1. The number of sulfone groups is 1. The number of fused-ring (bicyclic) bond motifs is 1. The molecule has 0 spiro atoms. The molecule has 0 aliphatic carbocycles. The molecule has 2 aromatic rings. The van der Waals surface area contributed by atoms with Crippen LogP contribution in [-0.2, 0) is 9.84 Å². The Morgan fingerprint density at radius 3 is 2.29 bits per heavy atom. The first-order chi connectivity index (χ1) is 17.5. The summed E-state index contributed by atoms with van der Waals surface area (Å²) in [5, 5.41) is 11.9. The predicted molar refractivity (Wildman–Crippen MR) is 152 cm³/mol. The number of benzene rings is 2. The zero-order chi connectivity index (χ0) is 27.1. The van der Waals surface area contributed by atoms with Crippen molar-refractivity contribution >= 4 is 9.84 Å². The molecule has 3 rings (SSSR count). The maximum Gasteiger partial charge on any atom is 0.179 e. The van der Waals surface area contributed by atoms with Crippen molar-refractivity contribution in [3.63, 3.8) is 0 Å². The van der Waals surface area contributed by atoms with E-state index in [1.54, 1.807) is 6.07 Å². The summed E-state index contributed by atoms with van der Waals surface area (Å²) in [4.78, 5) is 0.313. The number of hydrogen-bond acceptors (Lipinski definition) is 4. The lowest BCUT2D eigenvalue weighted by atomic mass is 9.69. The molecule has 0 fully saturated rings. The second-order valence-electron chi connectivity index (χ2n) is 11.9. The summed E-state index contributed by atoms with van der Waals surface area (Å²) in [6, 6.07) is 15.3. The molecule has 0 saturated heterocycles. The molecule has 0 bridgehead atoms. The largest absolute Gasteiger partial charge is 1.00 e. The molecule has 2 aromatic carbocycles. The first-order valence-electron chi connectivity index (χ1n) is 14.1. The van der Waals surface area contributed by atoms with Gasteiger partial charge < -0.3 is 38.3 Å². The first-order valence-corrected chi connectivity index (χ1v) is 15.7. The van der Waals surface area contributed by atoms with E-state index in [-0.39, 0.29) is 29.7 Å². The second kappa shape index (κ2) is 14.5. The van der Waals surface area contributed by atoms with Gasteiger partial charge >= 0.3 is 0 Å². The predicted octanol–water partition coefficient (Wildman–Crippen LogP) is 3.20. The molecule has 0 saturated carbocycles. The van der Waals surface area contributed by atoms with Gasteiger partial charge in [-0.3, -0.25) is 0 Å². The van der Waals surface area contributed by atoms with Crippen molar-refractivity contribution in [2.24, 2.45) is 5.41 Å². The van der Waals surface area contributed by atoms with Crippen molar-refractivity contribution in [3.8, 4) is 5.75 Å². The van der Waals surface area contributed by atoms with Crippen LogP contribution in [0.3, 0.4) is 0 Å². The highest BCUT2D eigenvalue weighted by molar-refractivity contribution is 7.91. The molecule has 38 heavy (non-hydrogen) atoms. The Bertz CT molecular complexity index is 1100. The standard InChI is InChI=1S/C31H48NO4S.HI/c1-6-8-20-31(7-2)24-37(34,35)28-23-26(36-22-15-10-9-14-21-32(3,4)5)18-19-27(28)29(30(31)33)25-16-12-11-13-17-25;/h11-13,16-19,23,29-30,33H,6-10,14-15,20-22,24H2,1-5H3;1H/q+1;/p-1/t29-,30-,31-;/m1./s1. The second-order valence-corrected chi connectivity index (χ2v) is 13.8. The third-order valence-corrected chi connectivity index (χ3v) is 9.94. The minimum Gasteiger partial charge on any atom is -1.00 e.